The third-order valence-corrected chi connectivity index (χ3v) is 9.17. The van der Waals surface area contributed by atoms with Crippen LogP contribution in [0.4, 0.5) is 5.69 Å². The van der Waals surface area contributed by atoms with E-state index in [-0.39, 0.29) is 23.8 Å². The Balaban J connectivity index is 1.82. The summed E-state index contributed by atoms with van der Waals surface area (Å²) in [6.45, 7) is 11.1. The molecule has 0 aliphatic rings. The number of amides is 2. The second-order valence-electron chi connectivity index (χ2n) is 12.6. The number of rotatable bonds is 11. The third-order valence-electron chi connectivity index (χ3n) is 7.38. The first kappa shape index (κ1) is 33.5. The molecular formula is C37H43N3O4S. The van der Waals surface area contributed by atoms with Crippen LogP contribution in [0.2, 0.25) is 0 Å². The van der Waals surface area contributed by atoms with Crippen LogP contribution < -0.4 is 9.62 Å². The van der Waals surface area contributed by atoms with Gasteiger partial charge in [0.05, 0.1) is 10.6 Å². The van der Waals surface area contributed by atoms with E-state index < -0.39 is 34.1 Å². The number of hydrogen-bond donors (Lipinski definition) is 1. The van der Waals surface area contributed by atoms with E-state index in [1.165, 1.54) is 4.90 Å². The molecule has 1 atom stereocenters. The summed E-state index contributed by atoms with van der Waals surface area (Å²) in [7, 11) is -4.14. The van der Waals surface area contributed by atoms with Gasteiger partial charge in [-0.05, 0) is 82.5 Å². The van der Waals surface area contributed by atoms with Crippen molar-refractivity contribution in [1.29, 1.82) is 0 Å². The van der Waals surface area contributed by atoms with Crippen molar-refractivity contribution in [2.24, 2.45) is 0 Å². The zero-order valence-electron chi connectivity index (χ0n) is 26.9. The molecule has 1 unspecified atom stereocenters. The third kappa shape index (κ3) is 9.05. The van der Waals surface area contributed by atoms with Crippen molar-refractivity contribution in [3.05, 3.63) is 131 Å². The molecule has 0 aliphatic carbocycles. The lowest BCUT2D eigenvalue weighted by molar-refractivity contribution is -0.140. The summed E-state index contributed by atoms with van der Waals surface area (Å²) in [6, 6.07) is 30.1. The summed E-state index contributed by atoms with van der Waals surface area (Å²) in [4.78, 5) is 30.2. The predicted molar refractivity (Wildman–Crippen MR) is 180 cm³/mol. The Bertz CT molecular complexity index is 1730. The zero-order chi connectivity index (χ0) is 32.8. The minimum Gasteiger partial charge on any atom is -0.350 e. The van der Waals surface area contributed by atoms with E-state index in [2.05, 4.69) is 5.32 Å². The molecule has 0 aromatic heterocycles. The van der Waals surface area contributed by atoms with Crippen molar-refractivity contribution < 1.29 is 18.0 Å². The van der Waals surface area contributed by atoms with E-state index in [0.717, 1.165) is 32.1 Å². The smallest absolute Gasteiger partial charge is 0.264 e. The molecule has 7 nitrogen and oxygen atoms in total. The molecule has 0 bridgehead atoms. The molecule has 4 rings (SSSR count). The number of hydrogen-bond acceptors (Lipinski definition) is 4. The second-order valence-corrected chi connectivity index (χ2v) is 14.5. The van der Waals surface area contributed by atoms with E-state index in [0.29, 0.717) is 5.69 Å². The molecular weight excluding hydrogens is 582 g/mol. The Labute approximate surface area is 268 Å². The van der Waals surface area contributed by atoms with Crippen molar-refractivity contribution in [3.8, 4) is 0 Å². The minimum absolute atomic E-state index is 0.0824. The largest absolute Gasteiger partial charge is 0.350 e. The molecule has 0 spiro atoms. The number of nitrogens with zero attached hydrogens (tertiary/aromatic N) is 2. The summed E-state index contributed by atoms with van der Waals surface area (Å²) in [5, 5.41) is 3.06. The van der Waals surface area contributed by atoms with Crippen LogP contribution in [0, 0.1) is 20.8 Å². The average Bonchev–Trinajstić information content (AvgIpc) is 2.97. The van der Waals surface area contributed by atoms with Gasteiger partial charge in [0, 0.05) is 18.5 Å². The normalized spacial score (nSPS) is 12.3. The van der Waals surface area contributed by atoms with Crippen LogP contribution in [-0.2, 0) is 32.6 Å². The molecule has 0 saturated carbocycles. The maximum absolute atomic E-state index is 14.6. The minimum atomic E-state index is -4.14. The summed E-state index contributed by atoms with van der Waals surface area (Å²) in [6.07, 6.45) is 0.259. The van der Waals surface area contributed by atoms with Crippen molar-refractivity contribution in [3.63, 3.8) is 0 Å². The van der Waals surface area contributed by atoms with Gasteiger partial charge in [-0.15, -0.1) is 0 Å². The SMILES string of the molecule is Cc1ccc(S(=O)(=O)N(CC(=O)N(Cc2cccc(C)c2)C(Cc2ccccc2)C(=O)NC(C)(C)C)c2cccc(C)c2)cc1. The van der Waals surface area contributed by atoms with Crippen molar-refractivity contribution >= 4 is 27.5 Å². The number of aryl methyl sites for hydroxylation is 3. The van der Waals surface area contributed by atoms with E-state index in [9.17, 15) is 18.0 Å². The van der Waals surface area contributed by atoms with Gasteiger partial charge in [0.25, 0.3) is 10.0 Å². The summed E-state index contributed by atoms with van der Waals surface area (Å²) >= 11 is 0. The first-order valence-corrected chi connectivity index (χ1v) is 16.5. The molecule has 8 heteroatoms. The lowest BCUT2D eigenvalue weighted by Crippen LogP contribution is -2.56. The second kappa shape index (κ2) is 14.1. The molecule has 0 saturated heterocycles. The summed E-state index contributed by atoms with van der Waals surface area (Å²) in [5.41, 5.74) is 4.34. The first-order valence-electron chi connectivity index (χ1n) is 15.1. The Kier molecular flexibility index (Phi) is 10.5. The van der Waals surface area contributed by atoms with Crippen LogP contribution in [0.15, 0.2) is 108 Å². The highest BCUT2D eigenvalue weighted by molar-refractivity contribution is 7.92. The molecule has 0 radical (unpaired) electrons. The Hall–Kier alpha value is -4.43. The number of nitrogens with one attached hydrogen (secondary N) is 1. The van der Waals surface area contributed by atoms with Crippen LogP contribution in [0.3, 0.4) is 0 Å². The lowest BCUT2D eigenvalue weighted by atomic mass is 10.0. The van der Waals surface area contributed by atoms with Crippen LogP contribution in [0.25, 0.3) is 0 Å². The predicted octanol–water partition coefficient (Wildman–Crippen LogP) is 6.36. The average molecular weight is 626 g/mol. The molecule has 2 amide bonds. The van der Waals surface area contributed by atoms with Gasteiger partial charge in [-0.1, -0.05) is 90.0 Å². The monoisotopic (exact) mass is 625 g/mol. The van der Waals surface area contributed by atoms with Crippen LogP contribution in [-0.4, -0.2) is 43.3 Å². The molecule has 4 aromatic rings. The number of carbonyl (C=O) groups is 2. The molecule has 45 heavy (non-hydrogen) atoms. The fourth-order valence-electron chi connectivity index (χ4n) is 5.16. The number of sulfonamides is 1. The molecule has 0 heterocycles. The Morgan fingerprint density at radius 2 is 1.33 bits per heavy atom. The van der Waals surface area contributed by atoms with Crippen LogP contribution in [0.1, 0.15) is 48.6 Å². The van der Waals surface area contributed by atoms with Gasteiger partial charge in [-0.3, -0.25) is 13.9 Å². The van der Waals surface area contributed by atoms with Gasteiger partial charge in [0.1, 0.15) is 12.6 Å². The van der Waals surface area contributed by atoms with Crippen molar-refractivity contribution in [2.75, 3.05) is 10.8 Å². The highest BCUT2D eigenvalue weighted by Gasteiger charge is 2.35. The van der Waals surface area contributed by atoms with Gasteiger partial charge in [-0.2, -0.15) is 0 Å². The number of benzene rings is 4. The topological polar surface area (TPSA) is 86.8 Å². The Morgan fingerprint density at radius 1 is 0.733 bits per heavy atom. The zero-order valence-corrected chi connectivity index (χ0v) is 27.8. The molecule has 0 fully saturated rings. The molecule has 4 aromatic carbocycles. The van der Waals surface area contributed by atoms with Crippen LogP contribution >= 0.6 is 0 Å². The van der Waals surface area contributed by atoms with Crippen molar-refractivity contribution in [1.82, 2.24) is 10.2 Å². The molecule has 0 aliphatic heterocycles. The maximum atomic E-state index is 14.6. The standard InChI is InChI=1S/C37H43N3O4S/c1-27-18-20-33(21-19-27)45(43,44)40(32-17-11-13-29(3)23-32)26-35(41)39(25-31-16-10-12-28(2)22-31)34(36(42)38-37(4,5)6)24-30-14-8-7-9-15-30/h7-23,34H,24-26H2,1-6H3,(H,38,42). The van der Waals surface area contributed by atoms with Gasteiger partial charge < -0.3 is 10.2 Å². The number of anilines is 1. The van der Waals surface area contributed by atoms with Gasteiger partial charge >= 0.3 is 0 Å². The summed E-state index contributed by atoms with van der Waals surface area (Å²) in [5.74, 6) is -0.797. The summed E-state index contributed by atoms with van der Waals surface area (Å²) < 4.78 is 29.5. The van der Waals surface area contributed by atoms with E-state index in [4.69, 9.17) is 0 Å². The Morgan fingerprint density at radius 3 is 1.93 bits per heavy atom. The fraction of sp³-hybridized carbons (Fsp3) is 0.297. The highest BCUT2D eigenvalue weighted by atomic mass is 32.2. The van der Waals surface area contributed by atoms with Gasteiger partial charge in [-0.25, -0.2) is 8.42 Å². The lowest BCUT2D eigenvalue weighted by Gasteiger charge is -2.35. The van der Waals surface area contributed by atoms with Gasteiger partial charge in [0.2, 0.25) is 11.8 Å². The van der Waals surface area contributed by atoms with Crippen molar-refractivity contribution in [2.45, 2.75) is 71.0 Å². The van der Waals surface area contributed by atoms with Gasteiger partial charge in [0.15, 0.2) is 0 Å². The number of carbonyl (C=O) groups excluding carboxylic acids is 2. The highest BCUT2D eigenvalue weighted by Crippen LogP contribution is 2.26. The fourth-order valence-corrected chi connectivity index (χ4v) is 6.57. The quantitative estimate of drug-likeness (QED) is 0.210. The molecule has 236 valence electrons. The van der Waals surface area contributed by atoms with Crippen LogP contribution in [0.5, 0.6) is 0 Å². The van der Waals surface area contributed by atoms with E-state index >= 15 is 0 Å². The maximum Gasteiger partial charge on any atom is 0.264 e. The molecule has 1 N–H and O–H groups in total. The first-order chi connectivity index (χ1) is 21.2. The van der Waals surface area contributed by atoms with E-state index in [1.807, 2.05) is 102 Å². The van der Waals surface area contributed by atoms with E-state index in [1.54, 1.807) is 42.5 Å².